The summed E-state index contributed by atoms with van der Waals surface area (Å²) in [6.07, 6.45) is 1.69. The minimum absolute atomic E-state index is 0.316. The van der Waals surface area contributed by atoms with Crippen LogP contribution in [0.15, 0.2) is 30.5 Å². The van der Waals surface area contributed by atoms with Gasteiger partial charge in [0.05, 0.1) is 22.9 Å². The lowest BCUT2D eigenvalue weighted by Gasteiger charge is -2.32. The maximum absolute atomic E-state index is 6.04. The predicted molar refractivity (Wildman–Crippen MR) is 75.3 cm³/mol. The summed E-state index contributed by atoms with van der Waals surface area (Å²) in [7, 11) is -0.331. The largest absolute Gasteiger partial charge is 0.494 e. The third-order valence-electron chi connectivity index (χ3n) is 4.06. The van der Waals surface area contributed by atoms with E-state index in [0.29, 0.717) is 0 Å². The monoisotopic (exact) mass is 256 g/mol. The zero-order chi connectivity index (χ0) is 13.7. The highest BCUT2D eigenvalue weighted by Gasteiger charge is 2.51. The number of rotatable bonds is 1. The van der Waals surface area contributed by atoms with E-state index >= 15 is 0 Å². The smallest absolute Gasteiger partial charge is 0.399 e. The van der Waals surface area contributed by atoms with Crippen LogP contribution in [0.3, 0.4) is 0 Å². The molecule has 0 atom stereocenters. The Balaban J connectivity index is 1.98. The molecular weight excluding hydrogens is 239 g/mol. The van der Waals surface area contributed by atoms with Gasteiger partial charge in [-0.25, -0.2) is 0 Å². The number of fused-ring (bicyclic) bond motifs is 1. The van der Waals surface area contributed by atoms with E-state index in [-0.39, 0.29) is 18.3 Å². The van der Waals surface area contributed by atoms with Crippen molar-refractivity contribution in [1.29, 1.82) is 0 Å². The zero-order valence-corrected chi connectivity index (χ0v) is 11.7. The molecular formula is C14H17BN2O2. The Bertz CT molecular complexity index is 612. The first-order chi connectivity index (χ1) is 8.89. The molecule has 0 radical (unpaired) electrons. The van der Waals surface area contributed by atoms with Gasteiger partial charge in [0.25, 0.3) is 0 Å². The lowest BCUT2D eigenvalue weighted by atomic mass is 9.78. The highest BCUT2D eigenvalue weighted by Crippen LogP contribution is 2.36. The molecule has 3 rings (SSSR count). The van der Waals surface area contributed by atoms with Crippen LogP contribution in [-0.2, 0) is 9.31 Å². The minimum Gasteiger partial charge on any atom is -0.399 e. The van der Waals surface area contributed by atoms with Gasteiger partial charge in [-0.15, -0.1) is 0 Å². The molecule has 1 saturated heterocycles. The van der Waals surface area contributed by atoms with Gasteiger partial charge in [0.1, 0.15) is 0 Å². The normalized spacial score (nSPS) is 20.9. The van der Waals surface area contributed by atoms with Crippen LogP contribution in [-0.4, -0.2) is 28.5 Å². The van der Waals surface area contributed by atoms with Crippen LogP contribution in [0.25, 0.3) is 10.9 Å². The van der Waals surface area contributed by atoms with Crippen molar-refractivity contribution in [3.8, 4) is 0 Å². The van der Waals surface area contributed by atoms with Crippen molar-refractivity contribution < 1.29 is 9.31 Å². The van der Waals surface area contributed by atoms with Crippen LogP contribution in [0, 0.1) is 0 Å². The highest BCUT2D eigenvalue weighted by molar-refractivity contribution is 6.62. The summed E-state index contributed by atoms with van der Waals surface area (Å²) in [6, 6.07) is 7.92. The van der Waals surface area contributed by atoms with Gasteiger partial charge in [-0.2, -0.15) is 10.2 Å². The molecule has 0 spiro atoms. The average Bonchev–Trinajstić information content (AvgIpc) is 2.58. The lowest BCUT2D eigenvalue weighted by Crippen LogP contribution is -2.41. The Morgan fingerprint density at radius 1 is 1.00 bits per heavy atom. The second-order valence-electron chi connectivity index (χ2n) is 5.94. The second kappa shape index (κ2) is 4.02. The molecule has 1 fully saturated rings. The van der Waals surface area contributed by atoms with Gasteiger partial charge in [0.2, 0.25) is 0 Å². The number of benzene rings is 1. The Morgan fingerprint density at radius 3 is 2.37 bits per heavy atom. The molecule has 98 valence electrons. The maximum Gasteiger partial charge on any atom is 0.494 e. The summed E-state index contributed by atoms with van der Waals surface area (Å²) >= 11 is 0. The first-order valence-electron chi connectivity index (χ1n) is 6.46. The SMILES string of the molecule is CC1(C)OB(c2ccc3nnccc3c2)OC1(C)C. The third-order valence-corrected chi connectivity index (χ3v) is 4.06. The summed E-state index contributed by atoms with van der Waals surface area (Å²) < 4.78 is 12.1. The molecule has 2 heterocycles. The van der Waals surface area contributed by atoms with Crippen LogP contribution in [0.5, 0.6) is 0 Å². The van der Waals surface area contributed by atoms with Crippen LogP contribution < -0.4 is 5.46 Å². The quantitative estimate of drug-likeness (QED) is 0.731. The van der Waals surface area contributed by atoms with Crippen molar-refractivity contribution in [3.05, 3.63) is 30.5 Å². The molecule has 1 aliphatic heterocycles. The van der Waals surface area contributed by atoms with E-state index in [1.165, 1.54) is 0 Å². The Labute approximate surface area is 113 Å². The lowest BCUT2D eigenvalue weighted by molar-refractivity contribution is 0.00578. The molecule has 5 heteroatoms. The molecule has 0 bridgehead atoms. The van der Waals surface area contributed by atoms with Gasteiger partial charge < -0.3 is 9.31 Å². The van der Waals surface area contributed by atoms with Crippen molar-refractivity contribution in [2.24, 2.45) is 0 Å². The molecule has 0 N–H and O–H groups in total. The van der Waals surface area contributed by atoms with Crippen molar-refractivity contribution >= 4 is 23.5 Å². The molecule has 1 aromatic carbocycles. The average molecular weight is 256 g/mol. The van der Waals surface area contributed by atoms with E-state index < -0.39 is 0 Å². The fraction of sp³-hybridized carbons (Fsp3) is 0.429. The summed E-state index contributed by atoms with van der Waals surface area (Å²) in [5.41, 5.74) is 1.26. The summed E-state index contributed by atoms with van der Waals surface area (Å²) in [5, 5.41) is 8.99. The van der Waals surface area contributed by atoms with Gasteiger partial charge in [-0.05, 0) is 45.3 Å². The fourth-order valence-electron chi connectivity index (χ4n) is 2.13. The van der Waals surface area contributed by atoms with Crippen LogP contribution in [0.4, 0.5) is 0 Å². The van der Waals surface area contributed by atoms with E-state index in [2.05, 4.69) is 37.9 Å². The minimum atomic E-state index is -0.331. The van der Waals surface area contributed by atoms with E-state index in [1.54, 1.807) is 6.20 Å². The molecule has 2 aromatic rings. The number of aromatic nitrogens is 2. The third kappa shape index (κ3) is 2.03. The van der Waals surface area contributed by atoms with Crippen molar-refractivity contribution in [2.45, 2.75) is 38.9 Å². The first-order valence-corrected chi connectivity index (χ1v) is 6.46. The zero-order valence-electron chi connectivity index (χ0n) is 11.7. The van der Waals surface area contributed by atoms with Gasteiger partial charge in [-0.3, -0.25) is 0 Å². The van der Waals surface area contributed by atoms with Gasteiger partial charge in [-0.1, -0.05) is 12.1 Å². The van der Waals surface area contributed by atoms with E-state index in [9.17, 15) is 0 Å². The number of hydrogen-bond acceptors (Lipinski definition) is 4. The van der Waals surface area contributed by atoms with Crippen molar-refractivity contribution in [1.82, 2.24) is 10.2 Å². The summed E-state index contributed by atoms with van der Waals surface area (Å²) in [5.74, 6) is 0. The number of nitrogens with zero attached hydrogens (tertiary/aromatic N) is 2. The Kier molecular flexibility index (Phi) is 2.66. The van der Waals surface area contributed by atoms with Crippen LogP contribution >= 0.6 is 0 Å². The molecule has 0 saturated carbocycles. The highest BCUT2D eigenvalue weighted by atomic mass is 16.7. The fourth-order valence-corrected chi connectivity index (χ4v) is 2.13. The van der Waals surface area contributed by atoms with Crippen molar-refractivity contribution in [2.75, 3.05) is 0 Å². The molecule has 19 heavy (non-hydrogen) atoms. The van der Waals surface area contributed by atoms with Crippen LogP contribution in [0.2, 0.25) is 0 Å². The predicted octanol–water partition coefficient (Wildman–Crippen LogP) is 1.93. The topological polar surface area (TPSA) is 44.2 Å². The van der Waals surface area contributed by atoms with Crippen molar-refractivity contribution in [3.63, 3.8) is 0 Å². The summed E-state index contributed by atoms with van der Waals surface area (Å²) in [4.78, 5) is 0. The molecule has 4 nitrogen and oxygen atoms in total. The van der Waals surface area contributed by atoms with Crippen LogP contribution in [0.1, 0.15) is 27.7 Å². The van der Waals surface area contributed by atoms with E-state index in [4.69, 9.17) is 9.31 Å². The molecule has 0 aliphatic carbocycles. The molecule has 1 aliphatic rings. The second-order valence-corrected chi connectivity index (χ2v) is 5.94. The Morgan fingerprint density at radius 2 is 1.68 bits per heavy atom. The maximum atomic E-state index is 6.04. The number of hydrogen-bond donors (Lipinski definition) is 0. The van der Waals surface area contributed by atoms with Gasteiger partial charge in [0, 0.05) is 5.39 Å². The molecule has 0 amide bonds. The van der Waals surface area contributed by atoms with Gasteiger partial charge >= 0.3 is 7.12 Å². The molecule has 0 unspecified atom stereocenters. The van der Waals surface area contributed by atoms with Gasteiger partial charge in [0.15, 0.2) is 0 Å². The molecule has 1 aromatic heterocycles. The first kappa shape index (κ1) is 12.6. The van der Waals surface area contributed by atoms with E-state index in [1.807, 2.05) is 24.3 Å². The Hall–Kier alpha value is -1.46. The summed E-state index contributed by atoms with van der Waals surface area (Å²) in [6.45, 7) is 8.22. The standard InChI is InChI=1S/C14H17BN2O2/c1-13(2)14(3,4)19-15(18-13)11-5-6-12-10(9-11)7-8-16-17-12/h5-9H,1-4H3. The van der Waals surface area contributed by atoms with E-state index in [0.717, 1.165) is 16.4 Å².